The van der Waals surface area contributed by atoms with Crippen LogP contribution in [-0.2, 0) is 33.3 Å². The number of hydrogen-bond acceptors (Lipinski definition) is 7. The summed E-state index contributed by atoms with van der Waals surface area (Å²) in [5.41, 5.74) is 0. The number of quaternary nitrogens is 1. The van der Waals surface area contributed by atoms with Crippen LogP contribution in [0, 0.1) is 0 Å². The highest BCUT2D eigenvalue weighted by atomic mass is 16.7. The van der Waals surface area contributed by atoms with Gasteiger partial charge in [0, 0.05) is 12.8 Å². The normalized spacial score (nSPS) is 13.2. The Bertz CT molecular complexity index is 1690. The molecule has 0 aromatic carbocycles. The largest absolute Gasteiger partial charge is 0.477 e. The molecule has 2 atom stereocenters. The van der Waals surface area contributed by atoms with E-state index in [0.717, 1.165) is 83.5 Å². The zero-order valence-electron chi connectivity index (χ0n) is 57.0. The molecule has 0 aliphatic carbocycles. The van der Waals surface area contributed by atoms with Crippen LogP contribution in [0.3, 0.4) is 0 Å². The van der Waals surface area contributed by atoms with E-state index in [1.54, 1.807) is 0 Å². The number of ether oxygens (including phenoxy) is 4. The standard InChI is InChI=1S/C77H137NO8/c1-6-8-10-12-14-16-18-20-22-24-26-28-30-32-34-35-36-37-38-39-40-41-42-44-46-48-50-52-54-56-58-60-62-64-66-68-75(80)86-73(72-85-77(76(81)82)83-70-69-78(3,4)5)71-84-74(79)67-65-63-61-59-57-55-53-51-49-47-45-43-33-31-29-27-25-23-21-19-17-15-13-11-9-7-2/h8,10,14,16,20,22,26,28,32,34,36-37,39-40,73,77H,6-7,9,11-13,15,17-19,21,23-25,27,29-31,33,35,38,41-72H2,1-5H3/p+1/b10-8-,16-14-,22-20-,28-26-,34-32-,37-36-,40-39-. The molecule has 0 aromatic rings. The summed E-state index contributed by atoms with van der Waals surface area (Å²) < 4.78 is 23.0. The molecule has 0 aliphatic heterocycles. The molecule has 9 heteroatoms. The highest BCUT2D eigenvalue weighted by molar-refractivity contribution is 5.71. The van der Waals surface area contributed by atoms with Crippen LogP contribution in [0.4, 0.5) is 0 Å². The van der Waals surface area contributed by atoms with Gasteiger partial charge in [0.25, 0.3) is 6.29 Å². The molecular formula is C77H138NO8+. The summed E-state index contributed by atoms with van der Waals surface area (Å²) in [4.78, 5) is 37.7. The van der Waals surface area contributed by atoms with Gasteiger partial charge in [-0.1, -0.05) is 330 Å². The first-order chi connectivity index (χ1) is 42.1. The van der Waals surface area contributed by atoms with Gasteiger partial charge in [0.2, 0.25) is 0 Å². The number of unbranched alkanes of at least 4 members (excludes halogenated alkanes) is 38. The predicted octanol–water partition coefficient (Wildman–Crippen LogP) is 22.6. The van der Waals surface area contributed by atoms with Gasteiger partial charge in [0.05, 0.1) is 34.4 Å². The van der Waals surface area contributed by atoms with Gasteiger partial charge in [0.1, 0.15) is 13.2 Å². The van der Waals surface area contributed by atoms with Crippen molar-refractivity contribution in [2.45, 2.75) is 341 Å². The highest BCUT2D eigenvalue weighted by Crippen LogP contribution is 2.18. The molecule has 86 heavy (non-hydrogen) atoms. The van der Waals surface area contributed by atoms with Gasteiger partial charge >= 0.3 is 17.9 Å². The smallest absolute Gasteiger partial charge is 0.361 e. The number of hydrogen-bond donors (Lipinski definition) is 1. The number of likely N-dealkylation sites (N-methyl/N-ethyl adjacent to an activating group) is 1. The van der Waals surface area contributed by atoms with Crippen molar-refractivity contribution in [3.63, 3.8) is 0 Å². The molecule has 0 saturated carbocycles. The number of allylic oxidation sites excluding steroid dienone is 14. The molecule has 1 N–H and O–H groups in total. The Morgan fingerprint density at radius 3 is 0.988 bits per heavy atom. The summed E-state index contributed by atoms with van der Waals surface area (Å²) in [5.74, 6) is -1.99. The molecule has 0 aromatic heterocycles. The van der Waals surface area contributed by atoms with E-state index in [1.807, 2.05) is 21.1 Å². The fraction of sp³-hybridized carbons (Fsp3) is 0.779. The number of carbonyl (C=O) groups excluding carboxylic acids is 2. The summed E-state index contributed by atoms with van der Waals surface area (Å²) in [6.45, 7) is 4.81. The molecule has 0 fully saturated rings. The van der Waals surface area contributed by atoms with Crippen molar-refractivity contribution in [2.75, 3.05) is 47.5 Å². The summed E-state index contributed by atoms with van der Waals surface area (Å²) in [7, 11) is 5.98. The number of esters is 2. The zero-order chi connectivity index (χ0) is 62.6. The molecule has 9 nitrogen and oxygen atoms in total. The Labute approximate surface area is 531 Å². The second kappa shape index (κ2) is 67.4. The van der Waals surface area contributed by atoms with Crippen LogP contribution in [0.2, 0.25) is 0 Å². The topological polar surface area (TPSA) is 108 Å². The first kappa shape index (κ1) is 82.5. The van der Waals surface area contributed by atoms with Crippen molar-refractivity contribution in [3.8, 4) is 0 Å². The Balaban J connectivity index is 4.09. The Kier molecular flexibility index (Phi) is 64.6. The molecule has 0 bridgehead atoms. The number of carboxylic acid groups (broad SMARTS) is 1. The number of rotatable bonds is 67. The third-order valence-corrected chi connectivity index (χ3v) is 15.9. The van der Waals surface area contributed by atoms with Crippen molar-refractivity contribution in [3.05, 3.63) is 85.1 Å². The molecule has 0 saturated heterocycles. The van der Waals surface area contributed by atoms with Gasteiger partial charge in [-0.15, -0.1) is 0 Å². The molecule has 0 rings (SSSR count). The van der Waals surface area contributed by atoms with Crippen molar-refractivity contribution in [1.82, 2.24) is 0 Å². The average molecular weight is 1210 g/mol. The lowest BCUT2D eigenvalue weighted by Crippen LogP contribution is -2.40. The summed E-state index contributed by atoms with van der Waals surface area (Å²) in [6.07, 6.45) is 88.4. The van der Waals surface area contributed by atoms with Crippen molar-refractivity contribution >= 4 is 17.9 Å². The van der Waals surface area contributed by atoms with Gasteiger partial charge in [-0.25, -0.2) is 4.79 Å². The van der Waals surface area contributed by atoms with Crippen LogP contribution in [0.15, 0.2) is 85.1 Å². The maximum absolute atomic E-state index is 13.0. The Morgan fingerprint density at radius 2 is 0.663 bits per heavy atom. The first-order valence-corrected chi connectivity index (χ1v) is 36.3. The van der Waals surface area contributed by atoms with E-state index in [9.17, 15) is 19.5 Å². The maximum atomic E-state index is 13.0. The number of nitrogens with zero attached hydrogens (tertiary/aromatic N) is 1. The fourth-order valence-corrected chi connectivity index (χ4v) is 10.4. The van der Waals surface area contributed by atoms with Gasteiger partial charge in [0.15, 0.2) is 6.10 Å². The minimum absolute atomic E-state index is 0.181. The highest BCUT2D eigenvalue weighted by Gasteiger charge is 2.25. The molecule has 0 spiro atoms. The van der Waals surface area contributed by atoms with Crippen molar-refractivity contribution in [2.24, 2.45) is 0 Å². The lowest BCUT2D eigenvalue weighted by Gasteiger charge is -2.25. The summed E-state index contributed by atoms with van der Waals surface area (Å²) in [6, 6.07) is 0. The van der Waals surface area contributed by atoms with Crippen LogP contribution in [0.1, 0.15) is 328 Å². The molecule has 498 valence electrons. The lowest BCUT2D eigenvalue weighted by atomic mass is 10.0. The van der Waals surface area contributed by atoms with E-state index >= 15 is 0 Å². The molecular weight excluding hydrogens is 1070 g/mol. The monoisotopic (exact) mass is 1210 g/mol. The zero-order valence-corrected chi connectivity index (χ0v) is 57.0. The third kappa shape index (κ3) is 68.0. The summed E-state index contributed by atoms with van der Waals surface area (Å²) >= 11 is 0. The summed E-state index contributed by atoms with van der Waals surface area (Å²) in [5, 5.41) is 9.75. The van der Waals surface area contributed by atoms with E-state index < -0.39 is 24.3 Å². The van der Waals surface area contributed by atoms with Crippen molar-refractivity contribution < 1.29 is 42.9 Å². The van der Waals surface area contributed by atoms with E-state index in [0.29, 0.717) is 17.4 Å². The number of carbonyl (C=O) groups is 3. The minimum Gasteiger partial charge on any atom is -0.477 e. The van der Waals surface area contributed by atoms with E-state index in [1.165, 1.54) is 218 Å². The van der Waals surface area contributed by atoms with Crippen molar-refractivity contribution in [1.29, 1.82) is 0 Å². The van der Waals surface area contributed by atoms with E-state index in [4.69, 9.17) is 18.9 Å². The Hall–Kier alpha value is -3.53. The van der Waals surface area contributed by atoms with Gasteiger partial charge < -0.3 is 28.5 Å². The minimum atomic E-state index is -1.51. The average Bonchev–Trinajstić information content (AvgIpc) is 3.64. The molecule has 0 radical (unpaired) electrons. The molecule has 2 unspecified atom stereocenters. The van der Waals surface area contributed by atoms with Gasteiger partial charge in [-0.2, -0.15) is 0 Å². The Morgan fingerprint density at radius 1 is 0.360 bits per heavy atom. The van der Waals surface area contributed by atoms with Gasteiger partial charge in [-0.05, 0) is 70.6 Å². The number of carboxylic acids is 1. The number of aliphatic carboxylic acids is 1. The van der Waals surface area contributed by atoms with E-state index in [-0.39, 0.29) is 32.2 Å². The SMILES string of the molecule is CC/C=C\C/C=C\C/C=C\C/C=C\C/C=C\C/C=C\C/C=C\CCCCCCCCCCCCCCCC(=O)OC(COC(=O)CCCCCCCCCCCCCCCCCCCCCCCCCCCC)COC(OCC[N+](C)(C)C)C(=O)O. The second-order valence-corrected chi connectivity index (χ2v) is 25.5. The first-order valence-electron chi connectivity index (χ1n) is 36.3. The molecule has 0 aliphatic rings. The van der Waals surface area contributed by atoms with Crippen LogP contribution >= 0.6 is 0 Å². The molecule has 0 amide bonds. The van der Waals surface area contributed by atoms with Crippen LogP contribution in [0.25, 0.3) is 0 Å². The van der Waals surface area contributed by atoms with E-state index in [2.05, 4.69) is 98.9 Å². The second-order valence-electron chi connectivity index (χ2n) is 25.5. The van der Waals surface area contributed by atoms with Crippen LogP contribution in [-0.4, -0.2) is 87.4 Å². The van der Waals surface area contributed by atoms with Gasteiger partial charge in [-0.3, -0.25) is 9.59 Å². The maximum Gasteiger partial charge on any atom is 0.361 e. The van der Waals surface area contributed by atoms with Crippen LogP contribution in [0.5, 0.6) is 0 Å². The fourth-order valence-electron chi connectivity index (χ4n) is 10.4. The van der Waals surface area contributed by atoms with Crippen LogP contribution < -0.4 is 0 Å². The predicted molar refractivity (Wildman–Crippen MR) is 369 cm³/mol. The lowest BCUT2D eigenvalue weighted by molar-refractivity contribution is -0.870. The molecule has 0 heterocycles. The quantitative estimate of drug-likeness (QED) is 0.0211. The third-order valence-electron chi connectivity index (χ3n) is 15.9.